The third kappa shape index (κ3) is 3.95. The summed E-state index contributed by atoms with van der Waals surface area (Å²) in [6.45, 7) is 1.89. The quantitative estimate of drug-likeness (QED) is 0.722. The largest absolute Gasteiger partial charge is 0.322 e. The second kappa shape index (κ2) is 7.61. The van der Waals surface area contributed by atoms with Crippen molar-refractivity contribution in [2.75, 3.05) is 10.6 Å². The summed E-state index contributed by atoms with van der Waals surface area (Å²) in [4.78, 5) is 24.7. The summed E-state index contributed by atoms with van der Waals surface area (Å²) in [7, 11) is 0. The maximum Gasteiger partial charge on any atom is 0.258 e. The Morgan fingerprint density at radius 3 is 1.88 bits per heavy atom. The molecule has 0 aliphatic carbocycles. The molecule has 3 rings (SSSR count). The van der Waals surface area contributed by atoms with Crippen LogP contribution in [0.25, 0.3) is 0 Å². The molecule has 0 saturated heterocycles. The molecular formula is C21H17FN2O2. The summed E-state index contributed by atoms with van der Waals surface area (Å²) in [5.74, 6) is -2.08. The van der Waals surface area contributed by atoms with Crippen LogP contribution in [0.1, 0.15) is 26.3 Å². The minimum Gasteiger partial charge on any atom is -0.322 e. The van der Waals surface area contributed by atoms with Crippen LogP contribution in [0.2, 0.25) is 0 Å². The van der Waals surface area contributed by atoms with Gasteiger partial charge < -0.3 is 10.6 Å². The van der Waals surface area contributed by atoms with Gasteiger partial charge in [-0.15, -0.1) is 0 Å². The van der Waals surface area contributed by atoms with Gasteiger partial charge in [-0.2, -0.15) is 0 Å². The Hall–Kier alpha value is -3.47. The molecule has 0 fully saturated rings. The van der Waals surface area contributed by atoms with Gasteiger partial charge in [0.05, 0.1) is 11.1 Å². The number of hydrogen-bond acceptors (Lipinski definition) is 2. The Labute approximate surface area is 150 Å². The molecule has 0 atom stereocenters. The highest BCUT2D eigenvalue weighted by molar-refractivity contribution is 6.09. The zero-order chi connectivity index (χ0) is 18.5. The second-order valence-electron chi connectivity index (χ2n) is 5.81. The molecule has 0 bridgehead atoms. The molecule has 0 aliphatic rings. The lowest BCUT2D eigenvalue weighted by atomic mass is 10.1. The van der Waals surface area contributed by atoms with Crippen molar-refractivity contribution in [3.8, 4) is 0 Å². The van der Waals surface area contributed by atoms with Crippen molar-refractivity contribution >= 4 is 23.2 Å². The van der Waals surface area contributed by atoms with Gasteiger partial charge >= 0.3 is 0 Å². The van der Waals surface area contributed by atoms with Crippen molar-refractivity contribution in [3.63, 3.8) is 0 Å². The predicted molar refractivity (Wildman–Crippen MR) is 99.9 cm³/mol. The molecule has 0 heterocycles. The first kappa shape index (κ1) is 17.4. The number of hydrogen-bond donors (Lipinski definition) is 2. The van der Waals surface area contributed by atoms with Crippen molar-refractivity contribution in [1.82, 2.24) is 0 Å². The number of benzene rings is 3. The Morgan fingerprint density at radius 1 is 0.731 bits per heavy atom. The van der Waals surface area contributed by atoms with E-state index in [-0.39, 0.29) is 11.1 Å². The van der Waals surface area contributed by atoms with Crippen molar-refractivity contribution in [2.24, 2.45) is 0 Å². The Kier molecular flexibility index (Phi) is 5.08. The van der Waals surface area contributed by atoms with Gasteiger partial charge in [0.25, 0.3) is 11.8 Å². The van der Waals surface area contributed by atoms with Gasteiger partial charge in [0, 0.05) is 11.4 Å². The summed E-state index contributed by atoms with van der Waals surface area (Å²) in [5.41, 5.74) is 1.71. The molecule has 0 unspecified atom stereocenters. The van der Waals surface area contributed by atoms with Crippen LogP contribution in [-0.4, -0.2) is 11.8 Å². The molecule has 5 heteroatoms. The number of carbonyl (C=O) groups excluding carboxylic acids is 2. The summed E-state index contributed by atoms with van der Waals surface area (Å²) in [5, 5.41) is 5.26. The maximum absolute atomic E-state index is 14.7. The number of anilines is 2. The first-order valence-electron chi connectivity index (χ1n) is 8.07. The van der Waals surface area contributed by atoms with Crippen LogP contribution in [0, 0.1) is 12.7 Å². The first-order valence-corrected chi connectivity index (χ1v) is 8.07. The highest BCUT2D eigenvalue weighted by atomic mass is 19.1. The van der Waals surface area contributed by atoms with E-state index in [1.54, 1.807) is 42.5 Å². The van der Waals surface area contributed by atoms with E-state index < -0.39 is 17.6 Å². The average molecular weight is 348 g/mol. The van der Waals surface area contributed by atoms with E-state index in [4.69, 9.17) is 0 Å². The zero-order valence-corrected chi connectivity index (χ0v) is 14.1. The van der Waals surface area contributed by atoms with Crippen LogP contribution in [0.4, 0.5) is 15.8 Å². The van der Waals surface area contributed by atoms with Gasteiger partial charge in [0.15, 0.2) is 0 Å². The van der Waals surface area contributed by atoms with Gasteiger partial charge in [0.2, 0.25) is 0 Å². The third-order valence-electron chi connectivity index (χ3n) is 3.80. The molecular weight excluding hydrogens is 331 g/mol. The molecule has 3 aromatic carbocycles. The molecule has 26 heavy (non-hydrogen) atoms. The highest BCUT2D eigenvalue weighted by Gasteiger charge is 2.19. The van der Waals surface area contributed by atoms with Crippen LogP contribution in [-0.2, 0) is 0 Å². The van der Waals surface area contributed by atoms with Crippen LogP contribution in [0.3, 0.4) is 0 Å². The molecule has 3 aromatic rings. The van der Waals surface area contributed by atoms with Gasteiger partial charge in [-0.1, -0.05) is 36.4 Å². The Balaban J connectivity index is 1.82. The zero-order valence-electron chi connectivity index (χ0n) is 14.1. The number of para-hydroxylation sites is 1. The molecule has 0 aromatic heterocycles. The van der Waals surface area contributed by atoms with Crippen LogP contribution >= 0.6 is 0 Å². The van der Waals surface area contributed by atoms with Gasteiger partial charge in [-0.25, -0.2) is 4.39 Å². The summed E-state index contributed by atoms with van der Waals surface area (Å²) in [6, 6.07) is 20.1. The van der Waals surface area contributed by atoms with E-state index in [2.05, 4.69) is 10.6 Å². The van der Waals surface area contributed by atoms with Crippen LogP contribution < -0.4 is 10.6 Å². The summed E-state index contributed by atoms with van der Waals surface area (Å²) < 4.78 is 14.7. The Morgan fingerprint density at radius 2 is 1.27 bits per heavy atom. The van der Waals surface area contributed by atoms with E-state index in [0.29, 0.717) is 11.4 Å². The van der Waals surface area contributed by atoms with Gasteiger partial charge in [0.1, 0.15) is 5.82 Å². The molecule has 0 aliphatic heterocycles. The third-order valence-corrected chi connectivity index (χ3v) is 3.80. The second-order valence-corrected chi connectivity index (χ2v) is 5.81. The number of halogens is 1. The molecule has 0 radical (unpaired) electrons. The van der Waals surface area contributed by atoms with Crippen LogP contribution in [0.15, 0.2) is 72.8 Å². The number of rotatable bonds is 4. The fourth-order valence-corrected chi connectivity index (χ4v) is 2.52. The van der Waals surface area contributed by atoms with Crippen molar-refractivity contribution < 1.29 is 14.0 Å². The summed E-state index contributed by atoms with van der Waals surface area (Å²) >= 11 is 0. The molecule has 2 N–H and O–H groups in total. The van der Waals surface area contributed by atoms with Crippen molar-refractivity contribution in [1.29, 1.82) is 0 Å². The first-order chi connectivity index (χ1) is 12.5. The van der Waals surface area contributed by atoms with Crippen molar-refractivity contribution in [2.45, 2.75) is 6.92 Å². The minimum atomic E-state index is -0.855. The van der Waals surface area contributed by atoms with Crippen molar-refractivity contribution in [3.05, 3.63) is 95.3 Å². The van der Waals surface area contributed by atoms with Gasteiger partial charge in [-0.3, -0.25) is 9.59 Å². The molecule has 2 amide bonds. The van der Waals surface area contributed by atoms with Crippen LogP contribution in [0.5, 0.6) is 0 Å². The number of nitrogens with one attached hydrogen (secondary N) is 2. The van der Waals surface area contributed by atoms with E-state index >= 15 is 0 Å². The lowest BCUT2D eigenvalue weighted by Crippen LogP contribution is -2.19. The smallest absolute Gasteiger partial charge is 0.258 e. The van der Waals surface area contributed by atoms with E-state index in [1.165, 1.54) is 18.2 Å². The number of amides is 2. The maximum atomic E-state index is 14.7. The Bertz CT molecular complexity index is 955. The highest BCUT2D eigenvalue weighted by Crippen LogP contribution is 2.18. The van der Waals surface area contributed by atoms with E-state index in [0.717, 1.165) is 5.56 Å². The molecule has 4 nitrogen and oxygen atoms in total. The predicted octanol–water partition coefficient (Wildman–Crippen LogP) is 4.64. The molecule has 0 spiro atoms. The molecule has 0 saturated carbocycles. The van der Waals surface area contributed by atoms with Gasteiger partial charge in [-0.05, 0) is 48.9 Å². The summed E-state index contributed by atoms with van der Waals surface area (Å²) in [6.07, 6.45) is 0. The average Bonchev–Trinajstić information content (AvgIpc) is 2.62. The number of aryl methyl sites for hydroxylation is 1. The molecule has 130 valence electrons. The fraction of sp³-hybridized carbons (Fsp3) is 0.0476. The fourth-order valence-electron chi connectivity index (χ4n) is 2.52. The SMILES string of the molecule is Cc1cccc(NC(=O)c2cccc(C(=O)Nc3ccccc3)c2F)c1. The standard InChI is InChI=1S/C21H17FN2O2/c1-14-7-5-10-16(13-14)24-21(26)18-12-6-11-17(19(18)22)20(25)23-15-8-3-2-4-9-15/h2-13H,1H3,(H,23,25)(H,24,26). The van der Waals surface area contributed by atoms with E-state index in [1.807, 2.05) is 19.1 Å². The topological polar surface area (TPSA) is 58.2 Å². The minimum absolute atomic E-state index is 0.188. The normalized spacial score (nSPS) is 10.2. The van der Waals surface area contributed by atoms with E-state index in [9.17, 15) is 14.0 Å². The lowest BCUT2D eigenvalue weighted by molar-refractivity contribution is 0.102. The number of carbonyl (C=O) groups is 2. The lowest BCUT2D eigenvalue weighted by Gasteiger charge is -2.10. The monoisotopic (exact) mass is 348 g/mol.